The average molecular weight is 184 g/mol. The van der Waals surface area contributed by atoms with Crippen molar-refractivity contribution in [3.63, 3.8) is 0 Å². The Hall–Kier alpha value is -0.790. The first-order valence-corrected chi connectivity index (χ1v) is 4.79. The van der Waals surface area contributed by atoms with E-state index in [1.807, 2.05) is 13.0 Å². The topological polar surface area (TPSA) is 26.3 Å². The van der Waals surface area contributed by atoms with Gasteiger partial charge >= 0.3 is 5.97 Å². The zero-order valence-electron chi connectivity index (χ0n) is 9.09. The predicted octanol–water partition coefficient (Wildman–Crippen LogP) is 2.93. The monoisotopic (exact) mass is 184 g/mol. The minimum atomic E-state index is -0.110. The Morgan fingerprint density at radius 1 is 1.38 bits per heavy atom. The number of hydrogen-bond acceptors (Lipinski definition) is 2. The number of carbonyl (C=O) groups is 1. The summed E-state index contributed by atoms with van der Waals surface area (Å²) >= 11 is 0. The van der Waals surface area contributed by atoms with E-state index in [1.54, 1.807) is 0 Å². The fraction of sp³-hybridized carbons (Fsp3) is 0.727. The van der Waals surface area contributed by atoms with E-state index in [1.165, 1.54) is 0 Å². The maximum Gasteiger partial charge on any atom is 0.306 e. The number of allylic oxidation sites excluding steroid dienone is 2. The molecule has 76 valence electrons. The van der Waals surface area contributed by atoms with Crippen LogP contribution in [0, 0.1) is 5.41 Å². The summed E-state index contributed by atoms with van der Waals surface area (Å²) in [6.45, 7) is 8.69. The molecule has 0 aromatic rings. The van der Waals surface area contributed by atoms with Crippen LogP contribution in [-0.2, 0) is 9.53 Å². The lowest BCUT2D eigenvalue weighted by atomic mass is 9.96. The Labute approximate surface area is 81.0 Å². The molecule has 2 nitrogen and oxygen atoms in total. The van der Waals surface area contributed by atoms with Crippen molar-refractivity contribution in [3.05, 3.63) is 12.2 Å². The lowest BCUT2D eigenvalue weighted by Crippen LogP contribution is -2.03. The third kappa shape index (κ3) is 9.12. The molecule has 0 unspecified atom stereocenters. The van der Waals surface area contributed by atoms with Gasteiger partial charge in [-0.3, -0.25) is 4.79 Å². The van der Waals surface area contributed by atoms with E-state index in [4.69, 9.17) is 4.74 Å². The van der Waals surface area contributed by atoms with Crippen molar-refractivity contribution >= 4 is 5.97 Å². The highest BCUT2D eigenvalue weighted by molar-refractivity contribution is 5.69. The highest BCUT2D eigenvalue weighted by Crippen LogP contribution is 2.15. The van der Waals surface area contributed by atoms with Crippen LogP contribution in [0.4, 0.5) is 0 Å². The largest absolute Gasteiger partial charge is 0.466 e. The molecular formula is C11H20O2. The fourth-order valence-corrected chi connectivity index (χ4v) is 0.871. The molecule has 0 bridgehead atoms. The molecule has 0 rings (SSSR count). The molecule has 0 saturated heterocycles. The van der Waals surface area contributed by atoms with Gasteiger partial charge < -0.3 is 4.74 Å². The molecule has 0 spiro atoms. The number of carbonyl (C=O) groups excluding carboxylic acids is 1. The maximum atomic E-state index is 10.9. The van der Waals surface area contributed by atoms with Crippen LogP contribution in [0.2, 0.25) is 0 Å². The van der Waals surface area contributed by atoms with E-state index in [0.29, 0.717) is 13.0 Å². The van der Waals surface area contributed by atoms with Crippen LogP contribution < -0.4 is 0 Å². The summed E-state index contributed by atoms with van der Waals surface area (Å²) in [5, 5.41) is 0. The van der Waals surface area contributed by atoms with Crippen molar-refractivity contribution in [2.75, 3.05) is 6.61 Å². The smallest absolute Gasteiger partial charge is 0.306 e. The first kappa shape index (κ1) is 12.2. The van der Waals surface area contributed by atoms with Gasteiger partial charge in [0.15, 0.2) is 0 Å². The quantitative estimate of drug-likeness (QED) is 0.496. The Balaban J connectivity index is 3.56. The van der Waals surface area contributed by atoms with Gasteiger partial charge in [-0.2, -0.15) is 0 Å². The second kappa shape index (κ2) is 5.79. The molecular weight excluding hydrogens is 164 g/mol. The van der Waals surface area contributed by atoms with Gasteiger partial charge in [0, 0.05) is 6.42 Å². The first-order chi connectivity index (χ1) is 5.95. The van der Waals surface area contributed by atoms with Gasteiger partial charge in [-0.15, -0.1) is 0 Å². The standard InChI is InChI=1S/C11H20O2/c1-5-13-10(12)8-6-7-9-11(2,3)4/h7,9H,5-6,8H2,1-4H3/b9-7+. The Morgan fingerprint density at radius 3 is 2.46 bits per heavy atom. The van der Waals surface area contributed by atoms with Gasteiger partial charge in [-0.25, -0.2) is 0 Å². The van der Waals surface area contributed by atoms with Crippen LogP contribution in [0.3, 0.4) is 0 Å². The predicted molar refractivity (Wildman–Crippen MR) is 54.5 cm³/mol. The van der Waals surface area contributed by atoms with Gasteiger partial charge in [-0.1, -0.05) is 32.9 Å². The summed E-state index contributed by atoms with van der Waals surface area (Å²) in [6, 6.07) is 0. The number of hydrogen-bond donors (Lipinski definition) is 0. The van der Waals surface area contributed by atoms with E-state index >= 15 is 0 Å². The van der Waals surface area contributed by atoms with Crippen molar-refractivity contribution in [1.29, 1.82) is 0 Å². The van der Waals surface area contributed by atoms with Gasteiger partial charge in [0.2, 0.25) is 0 Å². The molecule has 0 aliphatic heterocycles. The van der Waals surface area contributed by atoms with Gasteiger partial charge in [0.25, 0.3) is 0 Å². The van der Waals surface area contributed by atoms with Crippen LogP contribution in [-0.4, -0.2) is 12.6 Å². The van der Waals surface area contributed by atoms with E-state index in [0.717, 1.165) is 6.42 Å². The molecule has 0 aromatic carbocycles. The SMILES string of the molecule is CCOC(=O)CC/C=C/C(C)(C)C. The molecule has 0 amide bonds. The summed E-state index contributed by atoms with van der Waals surface area (Å²) in [6.07, 6.45) is 5.42. The maximum absolute atomic E-state index is 10.9. The Kier molecular flexibility index (Phi) is 5.44. The lowest BCUT2D eigenvalue weighted by molar-refractivity contribution is -0.143. The second-order valence-corrected chi connectivity index (χ2v) is 4.11. The van der Waals surface area contributed by atoms with Gasteiger partial charge in [0.1, 0.15) is 0 Å². The van der Waals surface area contributed by atoms with E-state index in [9.17, 15) is 4.79 Å². The molecule has 0 aromatic heterocycles. The molecule has 0 aliphatic carbocycles. The first-order valence-electron chi connectivity index (χ1n) is 4.79. The fourth-order valence-electron chi connectivity index (χ4n) is 0.871. The van der Waals surface area contributed by atoms with Crippen molar-refractivity contribution in [3.8, 4) is 0 Å². The zero-order valence-corrected chi connectivity index (χ0v) is 9.09. The van der Waals surface area contributed by atoms with Crippen LogP contribution in [0.1, 0.15) is 40.5 Å². The van der Waals surface area contributed by atoms with E-state index in [-0.39, 0.29) is 11.4 Å². The minimum absolute atomic E-state index is 0.110. The molecule has 0 radical (unpaired) electrons. The van der Waals surface area contributed by atoms with Crippen molar-refractivity contribution in [2.45, 2.75) is 40.5 Å². The van der Waals surface area contributed by atoms with Crippen LogP contribution in [0.25, 0.3) is 0 Å². The molecule has 0 atom stereocenters. The summed E-state index contributed by atoms with van der Waals surface area (Å²) in [5.41, 5.74) is 0.203. The highest BCUT2D eigenvalue weighted by atomic mass is 16.5. The summed E-state index contributed by atoms with van der Waals surface area (Å²) in [7, 11) is 0. The number of esters is 1. The van der Waals surface area contributed by atoms with Gasteiger partial charge in [0.05, 0.1) is 6.61 Å². The summed E-state index contributed by atoms with van der Waals surface area (Å²) < 4.78 is 4.80. The normalized spacial score (nSPS) is 12.0. The average Bonchev–Trinajstić information content (AvgIpc) is 1.97. The van der Waals surface area contributed by atoms with Crippen LogP contribution >= 0.6 is 0 Å². The molecule has 0 N–H and O–H groups in total. The van der Waals surface area contributed by atoms with Gasteiger partial charge in [-0.05, 0) is 18.8 Å². The summed E-state index contributed by atoms with van der Waals surface area (Å²) in [5.74, 6) is -0.110. The second-order valence-electron chi connectivity index (χ2n) is 4.11. The van der Waals surface area contributed by atoms with Crippen LogP contribution in [0.5, 0.6) is 0 Å². The number of ether oxygens (including phenoxy) is 1. The Bertz CT molecular complexity index is 175. The van der Waals surface area contributed by atoms with E-state index < -0.39 is 0 Å². The third-order valence-corrected chi connectivity index (χ3v) is 1.44. The molecule has 0 heterocycles. The molecule has 0 saturated carbocycles. The molecule has 2 heteroatoms. The van der Waals surface area contributed by atoms with Crippen molar-refractivity contribution in [2.24, 2.45) is 5.41 Å². The Morgan fingerprint density at radius 2 is 2.00 bits per heavy atom. The highest BCUT2D eigenvalue weighted by Gasteiger charge is 2.03. The lowest BCUT2D eigenvalue weighted by Gasteiger charge is -2.10. The zero-order chi connectivity index (χ0) is 10.3. The molecule has 0 aliphatic rings. The summed E-state index contributed by atoms with van der Waals surface area (Å²) in [4.78, 5) is 10.9. The molecule has 0 fully saturated rings. The molecule has 13 heavy (non-hydrogen) atoms. The van der Waals surface area contributed by atoms with Crippen molar-refractivity contribution in [1.82, 2.24) is 0 Å². The third-order valence-electron chi connectivity index (χ3n) is 1.44. The van der Waals surface area contributed by atoms with Crippen LogP contribution in [0.15, 0.2) is 12.2 Å². The van der Waals surface area contributed by atoms with E-state index in [2.05, 4.69) is 26.8 Å². The minimum Gasteiger partial charge on any atom is -0.466 e. The van der Waals surface area contributed by atoms with Crippen molar-refractivity contribution < 1.29 is 9.53 Å². The number of rotatable bonds is 4.